The van der Waals surface area contributed by atoms with Crippen LogP contribution in [-0.2, 0) is 14.3 Å². The summed E-state index contributed by atoms with van der Waals surface area (Å²) in [5.41, 5.74) is -1.18. The van der Waals surface area contributed by atoms with Crippen molar-refractivity contribution in [1.82, 2.24) is 0 Å². The number of benzene rings is 3. The number of halogens is 1. The van der Waals surface area contributed by atoms with Gasteiger partial charge in [-0.25, -0.2) is 4.90 Å². The fraction of sp³-hybridized carbons (Fsp3) is 0.185. The summed E-state index contributed by atoms with van der Waals surface area (Å²) in [6, 6.07) is 16.4. The number of ether oxygens (including phenoxy) is 1. The number of rotatable bonds is 3. The monoisotopic (exact) mass is 516 g/mol. The maximum absolute atomic E-state index is 14.0. The van der Waals surface area contributed by atoms with Crippen molar-refractivity contribution in [3.8, 4) is 0 Å². The summed E-state index contributed by atoms with van der Waals surface area (Å²) in [7, 11) is 0. The minimum atomic E-state index is -2.20. The minimum Gasteiger partial charge on any atom is -0.349 e. The van der Waals surface area contributed by atoms with Crippen molar-refractivity contribution in [2.24, 2.45) is 11.8 Å². The van der Waals surface area contributed by atoms with E-state index >= 15 is 0 Å². The molecule has 184 valence electrons. The molecule has 37 heavy (non-hydrogen) atoms. The fourth-order valence-corrected chi connectivity index (χ4v) is 5.84. The molecule has 2 saturated heterocycles. The van der Waals surface area contributed by atoms with Crippen LogP contribution >= 0.6 is 11.6 Å². The molecule has 9 nitrogen and oxygen atoms in total. The first-order valence-corrected chi connectivity index (χ1v) is 11.8. The first-order chi connectivity index (χ1) is 17.7. The van der Waals surface area contributed by atoms with Crippen molar-refractivity contribution in [1.29, 1.82) is 0 Å². The molecule has 2 aliphatic heterocycles. The number of fused-ring (bicyclic) bond motifs is 3. The molecule has 6 rings (SSSR count). The molecule has 0 unspecified atom stereocenters. The second-order valence-corrected chi connectivity index (χ2v) is 9.71. The van der Waals surface area contributed by atoms with E-state index in [0.29, 0.717) is 16.1 Å². The molecule has 0 saturated carbocycles. The Morgan fingerprint density at radius 2 is 1.54 bits per heavy atom. The molecular weight excluding hydrogens is 500 g/mol. The Kier molecular flexibility index (Phi) is 4.95. The highest BCUT2D eigenvalue weighted by Gasteiger charge is 2.74. The summed E-state index contributed by atoms with van der Waals surface area (Å²) in [4.78, 5) is 66.9. The van der Waals surface area contributed by atoms with E-state index in [2.05, 4.69) is 0 Å². The third-order valence-corrected chi connectivity index (χ3v) is 7.60. The third-order valence-electron chi connectivity index (χ3n) is 7.35. The standard InChI is InChI=1S/C27H17ClN2O7/c1-13-12-16(30(35)36)10-11-19(13)29-25(33)20-21(26(29)34)27(37-22(20)14-6-8-15(28)9-7-14)23(31)17-4-2-3-5-18(17)24(27)32/h2-12,20-22H,1H3/t20-,21+,22+/m1/s1. The zero-order chi connectivity index (χ0) is 26.2. The summed E-state index contributed by atoms with van der Waals surface area (Å²) in [5, 5.41) is 11.6. The van der Waals surface area contributed by atoms with Gasteiger partial charge in [-0.2, -0.15) is 0 Å². The minimum absolute atomic E-state index is 0.133. The maximum Gasteiger partial charge on any atom is 0.269 e. The highest BCUT2D eigenvalue weighted by molar-refractivity contribution is 6.37. The molecule has 3 atom stereocenters. The number of anilines is 1. The van der Waals surface area contributed by atoms with Gasteiger partial charge in [-0.1, -0.05) is 48.0 Å². The highest BCUT2D eigenvalue weighted by atomic mass is 35.5. The lowest BCUT2D eigenvalue weighted by atomic mass is 9.77. The van der Waals surface area contributed by atoms with Crippen LogP contribution in [-0.4, -0.2) is 33.9 Å². The number of nitro groups is 1. The van der Waals surface area contributed by atoms with E-state index in [9.17, 15) is 29.3 Å². The molecule has 0 N–H and O–H groups in total. The fourth-order valence-electron chi connectivity index (χ4n) is 5.71. The topological polar surface area (TPSA) is 124 Å². The van der Waals surface area contributed by atoms with Crippen LogP contribution < -0.4 is 4.90 Å². The number of aryl methyl sites for hydroxylation is 1. The van der Waals surface area contributed by atoms with Crippen molar-refractivity contribution >= 4 is 46.4 Å². The highest BCUT2D eigenvalue weighted by Crippen LogP contribution is 2.58. The van der Waals surface area contributed by atoms with Gasteiger partial charge in [0.15, 0.2) is 0 Å². The normalized spacial score (nSPS) is 23.6. The van der Waals surface area contributed by atoms with Gasteiger partial charge in [0.1, 0.15) is 0 Å². The number of nitrogens with zero attached hydrogens (tertiary/aromatic N) is 2. The molecule has 3 aromatic rings. The predicted molar refractivity (Wildman–Crippen MR) is 130 cm³/mol. The maximum atomic E-state index is 14.0. The van der Waals surface area contributed by atoms with Crippen LogP contribution in [0.4, 0.5) is 11.4 Å². The van der Waals surface area contributed by atoms with Gasteiger partial charge >= 0.3 is 0 Å². The van der Waals surface area contributed by atoms with Crippen LogP contribution in [0.1, 0.15) is 37.9 Å². The molecule has 10 heteroatoms. The molecule has 0 aromatic heterocycles. The van der Waals surface area contributed by atoms with Gasteiger partial charge in [-0.15, -0.1) is 0 Å². The van der Waals surface area contributed by atoms with Crippen molar-refractivity contribution in [3.05, 3.63) is 104 Å². The summed E-state index contributed by atoms with van der Waals surface area (Å²) in [5.74, 6) is -5.34. The lowest BCUT2D eigenvalue weighted by Crippen LogP contribution is -2.51. The van der Waals surface area contributed by atoms with E-state index in [0.717, 1.165) is 4.90 Å². The molecule has 3 aliphatic rings. The Balaban J connectivity index is 1.53. The Morgan fingerprint density at radius 1 is 0.919 bits per heavy atom. The Hall–Kier alpha value is -4.21. The Bertz CT molecular complexity index is 1530. The van der Waals surface area contributed by atoms with Crippen LogP contribution in [0.3, 0.4) is 0 Å². The lowest BCUT2D eigenvalue weighted by Gasteiger charge is -2.27. The molecule has 2 fully saturated rings. The number of hydrogen-bond donors (Lipinski definition) is 0. The first-order valence-electron chi connectivity index (χ1n) is 11.4. The number of carbonyl (C=O) groups is 4. The van der Waals surface area contributed by atoms with Crippen molar-refractivity contribution in [2.45, 2.75) is 18.6 Å². The predicted octanol–water partition coefficient (Wildman–Crippen LogP) is 4.25. The molecule has 1 aliphatic carbocycles. The van der Waals surface area contributed by atoms with Gasteiger partial charge in [-0.3, -0.25) is 29.3 Å². The smallest absolute Gasteiger partial charge is 0.269 e. The quantitative estimate of drug-likeness (QED) is 0.220. The SMILES string of the molecule is Cc1cc([N+](=O)[O-])ccc1N1C(=O)[C@@H]2[C@@H](C1=O)C1(O[C@H]2c2ccc(Cl)cc2)C(=O)c2ccccc2C1=O. The van der Waals surface area contributed by atoms with Gasteiger partial charge in [0.05, 0.1) is 28.6 Å². The van der Waals surface area contributed by atoms with Crippen molar-refractivity contribution < 1.29 is 28.8 Å². The van der Waals surface area contributed by atoms with Gasteiger partial charge in [0.25, 0.3) is 5.69 Å². The van der Waals surface area contributed by atoms with Crippen LogP contribution in [0.15, 0.2) is 66.7 Å². The van der Waals surface area contributed by atoms with E-state index in [1.807, 2.05) is 0 Å². The van der Waals surface area contributed by atoms with Crippen LogP contribution in [0, 0.1) is 28.9 Å². The van der Waals surface area contributed by atoms with E-state index in [-0.39, 0.29) is 22.5 Å². The number of hydrogen-bond acceptors (Lipinski definition) is 7. The summed E-state index contributed by atoms with van der Waals surface area (Å²) >= 11 is 6.04. The molecule has 1 spiro atoms. The molecule has 0 bridgehead atoms. The average Bonchev–Trinajstić information content (AvgIpc) is 3.45. The summed E-state index contributed by atoms with van der Waals surface area (Å²) < 4.78 is 6.22. The molecule has 2 heterocycles. The molecule has 2 amide bonds. The first kappa shape index (κ1) is 23.2. The zero-order valence-corrected chi connectivity index (χ0v) is 20.0. The number of Topliss-reactive ketones (excluding diaryl/α,β-unsaturated/α-hetero) is 2. The summed E-state index contributed by atoms with van der Waals surface area (Å²) in [6.45, 7) is 1.54. The van der Waals surface area contributed by atoms with Gasteiger partial charge in [0.2, 0.25) is 29.0 Å². The molecular formula is C27H17ClN2O7. The van der Waals surface area contributed by atoms with E-state index in [1.54, 1.807) is 43.3 Å². The Labute approximate surface area is 214 Å². The second kappa shape index (κ2) is 7.89. The van der Waals surface area contributed by atoms with Crippen molar-refractivity contribution in [2.75, 3.05) is 4.90 Å². The second-order valence-electron chi connectivity index (χ2n) is 9.27. The zero-order valence-electron chi connectivity index (χ0n) is 19.2. The molecule has 0 radical (unpaired) electrons. The number of non-ortho nitro benzene ring substituents is 1. The number of carbonyl (C=O) groups excluding carboxylic acids is 4. The summed E-state index contributed by atoms with van der Waals surface area (Å²) in [6.07, 6.45) is -1.08. The number of imide groups is 1. The van der Waals surface area contributed by atoms with Crippen LogP contribution in [0.25, 0.3) is 0 Å². The van der Waals surface area contributed by atoms with Gasteiger partial charge < -0.3 is 4.74 Å². The number of ketones is 2. The van der Waals surface area contributed by atoms with Gasteiger partial charge in [0, 0.05) is 28.3 Å². The van der Waals surface area contributed by atoms with Crippen LogP contribution in [0.2, 0.25) is 5.02 Å². The van der Waals surface area contributed by atoms with E-state index in [4.69, 9.17) is 16.3 Å². The Morgan fingerprint density at radius 3 is 2.11 bits per heavy atom. The third kappa shape index (κ3) is 3.01. The van der Waals surface area contributed by atoms with E-state index < -0.39 is 51.8 Å². The largest absolute Gasteiger partial charge is 0.349 e. The van der Waals surface area contributed by atoms with Crippen LogP contribution in [0.5, 0.6) is 0 Å². The molecule has 3 aromatic carbocycles. The lowest BCUT2D eigenvalue weighted by molar-refractivity contribution is -0.384. The van der Waals surface area contributed by atoms with Crippen molar-refractivity contribution in [3.63, 3.8) is 0 Å². The number of amides is 2. The average molecular weight is 517 g/mol. The van der Waals surface area contributed by atoms with Gasteiger partial charge in [-0.05, 0) is 36.2 Å². The van der Waals surface area contributed by atoms with E-state index in [1.165, 1.54) is 30.3 Å². The number of nitro benzene ring substituents is 1.